The summed E-state index contributed by atoms with van der Waals surface area (Å²) in [6.45, 7) is 5.19. The molecular formula is C18H20F2. The van der Waals surface area contributed by atoms with Crippen LogP contribution in [0.2, 0.25) is 0 Å². The Balaban J connectivity index is 2.27. The van der Waals surface area contributed by atoms with Crippen molar-refractivity contribution in [2.45, 2.75) is 33.1 Å². The average molecular weight is 274 g/mol. The molecule has 106 valence electrons. The van der Waals surface area contributed by atoms with Crippen molar-refractivity contribution in [2.75, 3.05) is 0 Å². The van der Waals surface area contributed by atoms with Crippen LogP contribution in [-0.2, 0) is 12.3 Å². The highest BCUT2D eigenvalue weighted by Crippen LogP contribution is 2.36. The lowest BCUT2D eigenvalue weighted by Crippen LogP contribution is -2.20. The van der Waals surface area contributed by atoms with E-state index in [1.165, 1.54) is 31.5 Å². The Morgan fingerprint density at radius 2 is 1.30 bits per heavy atom. The third-order valence-corrected chi connectivity index (χ3v) is 3.69. The molecule has 0 bridgehead atoms. The number of hydrogen-bond acceptors (Lipinski definition) is 0. The highest BCUT2D eigenvalue weighted by Gasteiger charge is 2.35. The van der Waals surface area contributed by atoms with Crippen molar-refractivity contribution in [3.63, 3.8) is 0 Å². The maximum atomic E-state index is 13.9. The van der Waals surface area contributed by atoms with Crippen molar-refractivity contribution in [2.24, 2.45) is 5.92 Å². The number of aryl methyl sites for hydroxylation is 1. The van der Waals surface area contributed by atoms with Gasteiger partial charge in [0, 0.05) is 11.5 Å². The van der Waals surface area contributed by atoms with Crippen molar-refractivity contribution < 1.29 is 8.78 Å². The highest BCUT2D eigenvalue weighted by molar-refractivity contribution is 5.64. The van der Waals surface area contributed by atoms with E-state index in [2.05, 4.69) is 19.1 Å². The molecule has 2 rings (SSSR count). The van der Waals surface area contributed by atoms with Crippen LogP contribution >= 0.6 is 0 Å². The molecule has 0 N–H and O–H groups in total. The van der Waals surface area contributed by atoms with Gasteiger partial charge < -0.3 is 0 Å². The van der Waals surface area contributed by atoms with Gasteiger partial charge in [-0.15, -0.1) is 0 Å². The first-order valence-corrected chi connectivity index (χ1v) is 7.02. The van der Waals surface area contributed by atoms with Gasteiger partial charge in [-0.2, -0.15) is 0 Å². The molecule has 0 aromatic heterocycles. The summed E-state index contributed by atoms with van der Waals surface area (Å²) in [7, 11) is 0. The summed E-state index contributed by atoms with van der Waals surface area (Å²) in [5, 5.41) is 0. The Bertz CT molecular complexity index is 551. The summed E-state index contributed by atoms with van der Waals surface area (Å²) in [6, 6.07) is 14.8. The predicted molar refractivity (Wildman–Crippen MR) is 80.0 cm³/mol. The van der Waals surface area contributed by atoms with Gasteiger partial charge in [0.1, 0.15) is 0 Å². The zero-order valence-corrected chi connectivity index (χ0v) is 12.2. The Morgan fingerprint density at radius 3 is 1.70 bits per heavy atom. The largest absolute Gasteiger partial charge is 0.275 e. The quantitative estimate of drug-likeness (QED) is 0.674. The summed E-state index contributed by atoms with van der Waals surface area (Å²) in [5.74, 6) is -3.47. The van der Waals surface area contributed by atoms with Gasteiger partial charge >= 0.3 is 0 Å². The Labute approximate surface area is 119 Å². The van der Waals surface area contributed by atoms with Crippen LogP contribution in [0, 0.1) is 5.92 Å². The number of alkyl halides is 2. The zero-order valence-electron chi connectivity index (χ0n) is 12.2. The molecule has 0 aliphatic heterocycles. The van der Waals surface area contributed by atoms with E-state index >= 15 is 0 Å². The molecule has 2 aromatic rings. The zero-order chi connectivity index (χ0) is 14.8. The molecule has 0 spiro atoms. The second-order valence-corrected chi connectivity index (χ2v) is 5.41. The Morgan fingerprint density at radius 1 is 0.850 bits per heavy atom. The van der Waals surface area contributed by atoms with Crippen molar-refractivity contribution in [1.82, 2.24) is 0 Å². The third kappa shape index (κ3) is 2.90. The minimum atomic E-state index is -2.77. The van der Waals surface area contributed by atoms with Gasteiger partial charge in [0.25, 0.3) is 5.92 Å². The topological polar surface area (TPSA) is 0 Å². The number of hydrogen-bond donors (Lipinski definition) is 0. The molecule has 0 atom stereocenters. The van der Waals surface area contributed by atoms with E-state index in [1.54, 1.807) is 12.1 Å². The lowest BCUT2D eigenvalue weighted by molar-refractivity contribution is -0.0513. The second-order valence-electron chi connectivity index (χ2n) is 5.41. The molecule has 0 heterocycles. The Kier molecular flexibility index (Phi) is 4.22. The second kappa shape index (κ2) is 5.74. The van der Waals surface area contributed by atoms with Crippen LogP contribution in [-0.4, -0.2) is 0 Å². The summed E-state index contributed by atoms with van der Waals surface area (Å²) in [5.41, 5.74) is 3.38. The summed E-state index contributed by atoms with van der Waals surface area (Å²) in [4.78, 5) is 0. The van der Waals surface area contributed by atoms with Gasteiger partial charge in [-0.1, -0.05) is 69.3 Å². The summed E-state index contributed by atoms with van der Waals surface area (Å²) >= 11 is 0. The van der Waals surface area contributed by atoms with Crippen LogP contribution in [0.15, 0.2) is 48.5 Å². The molecule has 0 fully saturated rings. The molecule has 0 saturated heterocycles. The molecule has 20 heavy (non-hydrogen) atoms. The number of benzene rings is 2. The SMILES string of the molecule is CCc1ccc(-c2ccc(C(F)(F)C(C)C)cc2)cc1. The van der Waals surface area contributed by atoms with E-state index in [0.29, 0.717) is 0 Å². The van der Waals surface area contributed by atoms with Gasteiger partial charge in [-0.05, 0) is 23.1 Å². The molecule has 0 aliphatic rings. The molecule has 2 aromatic carbocycles. The fourth-order valence-corrected chi connectivity index (χ4v) is 2.15. The lowest BCUT2D eigenvalue weighted by atomic mass is 9.95. The molecule has 0 nitrogen and oxygen atoms in total. The van der Waals surface area contributed by atoms with Gasteiger partial charge in [-0.25, -0.2) is 8.78 Å². The van der Waals surface area contributed by atoms with E-state index < -0.39 is 11.8 Å². The summed E-state index contributed by atoms with van der Waals surface area (Å²) in [6.07, 6.45) is 1.000. The molecule has 0 unspecified atom stereocenters. The smallest absolute Gasteiger partial charge is 0.201 e. The first-order chi connectivity index (χ1) is 9.45. The predicted octanol–water partition coefficient (Wildman–Crippen LogP) is 5.66. The van der Waals surface area contributed by atoms with E-state index in [1.807, 2.05) is 12.1 Å². The normalized spacial score (nSPS) is 11.9. The first kappa shape index (κ1) is 14.7. The number of halogens is 2. The minimum Gasteiger partial charge on any atom is -0.201 e. The monoisotopic (exact) mass is 274 g/mol. The van der Waals surface area contributed by atoms with Crippen molar-refractivity contribution in [1.29, 1.82) is 0 Å². The molecule has 0 aliphatic carbocycles. The van der Waals surface area contributed by atoms with Crippen LogP contribution in [0.1, 0.15) is 31.9 Å². The van der Waals surface area contributed by atoms with Crippen LogP contribution in [0.5, 0.6) is 0 Å². The van der Waals surface area contributed by atoms with Crippen LogP contribution < -0.4 is 0 Å². The van der Waals surface area contributed by atoms with Gasteiger partial charge in [0.15, 0.2) is 0 Å². The van der Waals surface area contributed by atoms with Gasteiger partial charge in [-0.3, -0.25) is 0 Å². The van der Waals surface area contributed by atoms with Crippen molar-refractivity contribution in [3.8, 4) is 11.1 Å². The molecule has 2 heteroatoms. The van der Waals surface area contributed by atoms with Gasteiger partial charge in [0.2, 0.25) is 0 Å². The maximum Gasteiger partial charge on any atom is 0.275 e. The van der Waals surface area contributed by atoms with Gasteiger partial charge in [0.05, 0.1) is 0 Å². The van der Waals surface area contributed by atoms with Crippen molar-refractivity contribution in [3.05, 3.63) is 59.7 Å². The van der Waals surface area contributed by atoms with E-state index in [4.69, 9.17) is 0 Å². The fourth-order valence-electron chi connectivity index (χ4n) is 2.15. The highest BCUT2D eigenvalue weighted by atomic mass is 19.3. The Hall–Kier alpha value is -1.70. The average Bonchev–Trinajstić information content (AvgIpc) is 2.47. The molecule has 0 radical (unpaired) electrons. The maximum absolute atomic E-state index is 13.9. The number of rotatable bonds is 4. The molecule has 0 amide bonds. The van der Waals surface area contributed by atoms with Crippen LogP contribution in [0.3, 0.4) is 0 Å². The van der Waals surface area contributed by atoms with E-state index in [-0.39, 0.29) is 5.56 Å². The van der Waals surface area contributed by atoms with Crippen LogP contribution in [0.25, 0.3) is 11.1 Å². The van der Waals surface area contributed by atoms with E-state index in [9.17, 15) is 8.78 Å². The molecular weight excluding hydrogens is 254 g/mol. The molecule has 0 saturated carbocycles. The van der Waals surface area contributed by atoms with Crippen LogP contribution in [0.4, 0.5) is 8.78 Å². The fraction of sp³-hybridized carbons (Fsp3) is 0.333. The minimum absolute atomic E-state index is 0.0847. The lowest BCUT2D eigenvalue weighted by Gasteiger charge is -2.20. The van der Waals surface area contributed by atoms with Crippen molar-refractivity contribution >= 4 is 0 Å². The first-order valence-electron chi connectivity index (χ1n) is 7.02. The summed E-state index contributed by atoms with van der Waals surface area (Å²) < 4.78 is 27.8. The third-order valence-electron chi connectivity index (χ3n) is 3.69. The van der Waals surface area contributed by atoms with E-state index in [0.717, 1.165) is 17.5 Å². The standard InChI is InChI=1S/C18H20F2/c1-4-14-5-7-15(8-6-14)16-9-11-17(12-10-16)18(19,20)13(2)3/h5-13H,4H2,1-3H3.